The van der Waals surface area contributed by atoms with Crippen molar-refractivity contribution in [2.75, 3.05) is 0 Å². The van der Waals surface area contributed by atoms with Crippen LogP contribution < -0.4 is 5.32 Å². The third kappa shape index (κ3) is 2.34. The standard InChI is InChI=1S/C12H21N/c1-12(2)8-11(9-12)13-10-6-4-3-5-7-10/h4,6,10-11,13H,3,5,7-9H2,1-2H3. The highest BCUT2D eigenvalue weighted by molar-refractivity contribution is 5.01. The molecule has 0 aliphatic heterocycles. The second-order valence-electron chi connectivity index (χ2n) is 5.40. The molecule has 1 saturated carbocycles. The zero-order valence-corrected chi connectivity index (χ0v) is 8.84. The highest BCUT2D eigenvalue weighted by Gasteiger charge is 2.36. The molecule has 1 unspecified atom stereocenters. The molecular weight excluding hydrogens is 158 g/mol. The number of nitrogens with one attached hydrogen (secondary N) is 1. The normalized spacial score (nSPS) is 32.9. The van der Waals surface area contributed by atoms with Gasteiger partial charge >= 0.3 is 0 Å². The van der Waals surface area contributed by atoms with Crippen molar-refractivity contribution in [2.45, 2.75) is 58.0 Å². The summed E-state index contributed by atoms with van der Waals surface area (Å²) in [4.78, 5) is 0. The Bertz CT molecular complexity index is 197. The lowest BCUT2D eigenvalue weighted by atomic mass is 9.68. The third-order valence-electron chi connectivity index (χ3n) is 3.30. The summed E-state index contributed by atoms with van der Waals surface area (Å²) in [5.74, 6) is 0. The van der Waals surface area contributed by atoms with E-state index in [0.29, 0.717) is 11.5 Å². The van der Waals surface area contributed by atoms with Gasteiger partial charge in [-0.25, -0.2) is 0 Å². The molecule has 2 aliphatic carbocycles. The minimum Gasteiger partial charge on any atom is -0.308 e. The van der Waals surface area contributed by atoms with E-state index in [4.69, 9.17) is 0 Å². The molecule has 2 rings (SSSR count). The molecule has 74 valence electrons. The first-order chi connectivity index (χ1) is 6.16. The van der Waals surface area contributed by atoms with Crippen molar-refractivity contribution in [1.82, 2.24) is 5.32 Å². The molecule has 0 radical (unpaired) electrons. The van der Waals surface area contributed by atoms with Crippen LogP contribution >= 0.6 is 0 Å². The van der Waals surface area contributed by atoms with Crippen LogP contribution in [0.5, 0.6) is 0 Å². The van der Waals surface area contributed by atoms with E-state index in [2.05, 4.69) is 31.3 Å². The van der Waals surface area contributed by atoms with E-state index in [1.54, 1.807) is 0 Å². The SMILES string of the molecule is CC1(C)CC(NC2C=CCCC2)C1. The van der Waals surface area contributed by atoms with Crippen LogP contribution in [0.3, 0.4) is 0 Å². The van der Waals surface area contributed by atoms with Crippen LogP contribution in [-0.4, -0.2) is 12.1 Å². The molecular formula is C12H21N. The van der Waals surface area contributed by atoms with Crippen molar-refractivity contribution in [3.05, 3.63) is 12.2 Å². The zero-order valence-electron chi connectivity index (χ0n) is 8.84. The summed E-state index contributed by atoms with van der Waals surface area (Å²) in [6.45, 7) is 4.73. The quantitative estimate of drug-likeness (QED) is 0.643. The average molecular weight is 179 g/mol. The Morgan fingerprint density at radius 3 is 2.62 bits per heavy atom. The van der Waals surface area contributed by atoms with Crippen molar-refractivity contribution in [2.24, 2.45) is 5.41 Å². The van der Waals surface area contributed by atoms with Crippen molar-refractivity contribution in [3.8, 4) is 0 Å². The molecule has 0 heterocycles. The molecule has 1 N–H and O–H groups in total. The second-order valence-corrected chi connectivity index (χ2v) is 5.40. The van der Waals surface area contributed by atoms with E-state index < -0.39 is 0 Å². The molecule has 0 aromatic carbocycles. The molecule has 0 spiro atoms. The van der Waals surface area contributed by atoms with E-state index in [0.717, 1.165) is 6.04 Å². The molecule has 0 saturated heterocycles. The third-order valence-corrected chi connectivity index (χ3v) is 3.30. The zero-order chi connectivity index (χ0) is 9.31. The Hall–Kier alpha value is -0.300. The molecule has 0 aromatic rings. The van der Waals surface area contributed by atoms with Gasteiger partial charge in [-0.2, -0.15) is 0 Å². The minimum absolute atomic E-state index is 0.607. The van der Waals surface area contributed by atoms with Crippen molar-refractivity contribution in [3.63, 3.8) is 0 Å². The van der Waals surface area contributed by atoms with Crippen LogP contribution in [0.4, 0.5) is 0 Å². The Labute approximate surface area is 81.6 Å². The number of rotatable bonds is 2. The van der Waals surface area contributed by atoms with E-state index in [1.165, 1.54) is 32.1 Å². The van der Waals surface area contributed by atoms with Crippen LogP contribution in [0.2, 0.25) is 0 Å². The Kier molecular flexibility index (Phi) is 2.46. The van der Waals surface area contributed by atoms with Gasteiger partial charge in [0, 0.05) is 12.1 Å². The summed E-state index contributed by atoms with van der Waals surface area (Å²) in [5, 5.41) is 3.72. The number of hydrogen-bond acceptors (Lipinski definition) is 1. The van der Waals surface area contributed by atoms with Gasteiger partial charge < -0.3 is 5.32 Å². The van der Waals surface area contributed by atoms with Crippen molar-refractivity contribution in [1.29, 1.82) is 0 Å². The van der Waals surface area contributed by atoms with Gasteiger partial charge in [0.2, 0.25) is 0 Å². The summed E-state index contributed by atoms with van der Waals surface area (Å²) < 4.78 is 0. The van der Waals surface area contributed by atoms with Gasteiger partial charge in [0.15, 0.2) is 0 Å². The lowest BCUT2D eigenvalue weighted by Gasteiger charge is -2.44. The maximum absolute atomic E-state index is 3.72. The predicted octanol–water partition coefficient (Wildman–Crippen LogP) is 2.87. The van der Waals surface area contributed by atoms with Gasteiger partial charge in [-0.05, 0) is 37.5 Å². The first-order valence-electron chi connectivity index (χ1n) is 5.58. The maximum atomic E-state index is 3.72. The van der Waals surface area contributed by atoms with Gasteiger partial charge in [0.25, 0.3) is 0 Å². The van der Waals surface area contributed by atoms with Gasteiger partial charge in [0.05, 0.1) is 0 Å². The highest BCUT2D eigenvalue weighted by atomic mass is 15.0. The van der Waals surface area contributed by atoms with Gasteiger partial charge in [-0.3, -0.25) is 0 Å². The van der Waals surface area contributed by atoms with Crippen LogP contribution in [0.15, 0.2) is 12.2 Å². The average Bonchev–Trinajstić information content (AvgIpc) is 2.03. The summed E-state index contributed by atoms with van der Waals surface area (Å²) in [6.07, 6.45) is 11.4. The topological polar surface area (TPSA) is 12.0 Å². The van der Waals surface area contributed by atoms with E-state index >= 15 is 0 Å². The molecule has 2 aliphatic rings. The predicted molar refractivity (Wildman–Crippen MR) is 56.7 cm³/mol. The summed E-state index contributed by atoms with van der Waals surface area (Å²) in [6, 6.07) is 1.47. The largest absolute Gasteiger partial charge is 0.308 e. The molecule has 0 amide bonds. The van der Waals surface area contributed by atoms with Gasteiger partial charge in [-0.1, -0.05) is 26.0 Å². The Morgan fingerprint density at radius 1 is 1.31 bits per heavy atom. The second kappa shape index (κ2) is 3.45. The molecule has 13 heavy (non-hydrogen) atoms. The summed E-state index contributed by atoms with van der Waals surface area (Å²) in [5.41, 5.74) is 0.607. The van der Waals surface area contributed by atoms with E-state index in [1.807, 2.05) is 0 Å². The first kappa shape index (κ1) is 9.26. The van der Waals surface area contributed by atoms with Crippen molar-refractivity contribution >= 4 is 0 Å². The van der Waals surface area contributed by atoms with E-state index in [9.17, 15) is 0 Å². The maximum Gasteiger partial charge on any atom is 0.0252 e. The Morgan fingerprint density at radius 2 is 2.08 bits per heavy atom. The lowest BCUT2D eigenvalue weighted by Crippen LogP contribution is -2.49. The monoisotopic (exact) mass is 179 g/mol. The first-order valence-corrected chi connectivity index (χ1v) is 5.58. The van der Waals surface area contributed by atoms with Crippen LogP contribution in [0, 0.1) is 5.41 Å². The van der Waals surface area contributed by atoms with E-state index in [-0.39, 0.29) is 0 Å². The minimum atomic E-state index is 0.607. The summed E-state index contributed by atoms with van der Waals surface area (Å²) >= 11 is 0. The molecule has 1 fully saturated rings. The molecule has 1 atom stereocenters. The lowest BCUT2D eigenvalue weighted by molar-refractivity contribution is 0.119. The fourth-order valence-corrected chi connectivity index (χ4v) is 2.65. The summed E-state index contributed by atoms with van der Waals surface area (Å²) in [7, 11) is 0. The van der Waals surface area contributed by atoms with Crippen LogP contribution in [-0.2, 0) is 0 Å². The molecule has 1 heteroatoms. The Balaban J connectivity index is 1.74. The van der Waals surface area contributed by atoms with Crippen LogP contribution in [0.1, 0.15) is 46.0 Å². The highest BCUT2D eigenvalue weighted by Crippen LogP contribution is 2.40. The number of hydrogen-bond donors (Lipinski definition) is 1. The number of allylic oxidation sites excluding steroid dienone is 1. The fourth-order valence-electron chi connectivity index (χ4n) is 2.65. The molecule has 1 nitrogen and oxygen atoms in total. The fraction of sp³-hybridized carbons (Fsp3) is 0.833. The van der Waals surface area contributed by atoms with Crippen molar-refractivity contribution < 1.29 is 0 Å². The molecule has 0 bridgehead atoms. The van der Waals surface area contributed by atoms with Gasteiger partial charge in [0.1, 0.15) is 0 Å². The van der Waals surface area contributed by atoms with Gasteiger partial charge in [-0.15, -0.1) is 0 Å². The van der Waals surface area contributed by atoms with Crippen LogP contribution in [0.25, 0.3) is 0 Å². The smallest absolute Gasteiger partial charge is 0.0252 e. The molecule has 0 aromatic heterocycles.